The minimum atomic E-state index is 0.215. The molecule has 2 rings (SSSR count). The van der Waals surface area contributed by atoms with Crippen LogP contribution in [0.15, 0.2) is 24.3 Å². The van der Waals surface area contributed by atoms with Crippen molar-refractivity contribution >= 4 is 5.91 Å². The standard InChI is InChI=1S/C18H28N2O/c1-4-15-7-10-18(21)20(12-11-15)13-17(19-3)16-8-5-14(2)6-9-16/h5-6,8-9,15,17,19H,4,7,10-13H2,1-3H3. The maximum absolute atomic E-state index is 12.3. The first-order valence-electron chi connectivity index (χ1n) is 8.15. The molecule has 21 heavy (non-hydrogen) atoms. The van der Waals surface area contributed by atoms with E-state index in [1.807, 2.05) is 7.05 Å². The number of nitrogens with zero attached hydrogens (tertiary/aromatic N) is 1. The summed E-state index contributed by atoms with van der Waals surface area (Å²) in [6.07, 6.45) is 4.10. The molecule has 1 aliphatic rings. The zero-order valence-corrected chi connectivity index (χ0v) is 13.6. The van der Waals surface area contributed by atoms with Gasteiger partial charge in [-0.1, -0.05) is 43.2 Å². The van der Waals surface area contributed by atoms with Crippen molar-refractivity contribution in [2.45, 2.75) is 45.6 Å². The lowest BCUT2D eigenvalue weighted by Crippen LogP contribution is -2.37. The monoisotopic (exact) mass is 288 g/mol. The molecule has 0 bridgehead atoms. The van der Waals surface area contributed by atoms with Crippen molar-refractivity contribution in [3.8, 4) is 0 Å². The number of nitrogens with one attached hydrogen (secondary N) is 1. The lowest BCUT2D eigenvalue weighted by atomic mass is 9.98. The molecule has 116 valence electrons. The number of carbonyl (C=O) groups is 1. The van der Waals surface area contributed by atoms with Crippen LogP contribution < -0.4 is 5.32 Å². The Bertz CT molecular complexity index is 455. The number of hydrogen-bond acceptors (Lipinski definition) is 2. The third-order valence-corrected chi connectivity index (χ3v) is 4.73. The summed E-state index contributed by atoms with van der Waals surface area (Å²) in [5, 5.41) is 3.36. The van der Waals surface area contributed by atoms with Crippen LogP contribution in [0.25, 0.3) is 0 Å². The number of carbonyl (C=O) groups excluding carboxylic acids is 1. The molecule has 0 spiro atoms. The number of likely N-dealkylation sites (tertiary alicyclic amines) is 1. The van der Waals surface area contributed by atoms with Crippen molar-refractivity contribution in [2.75, 3.05) is 20.1 Å². The molecule has 0 aliphatic carbocycles. The Morgan fingerprint density at radius 2 is 2.00 bits per heavy atom. The van der Waals surface area contributed by atoms with E-state index < -0.39 is 0 Å². The van der Waals surface area contributed by atoms with E-state index in [2.05, 4.69) is 48.3 Å². The molecule has 2 unspecified atom stereocenters. The number of hydrogen-bond donors (Lipinski definition) is 1. The van der Waals surface area contributed by atoms with Gasteiger partial charge in [0.25, 0.3) is 0 Å². The summed E-state index contributed by atoms with van der Waals surface area (Å²) >= 11 is 0. The minimum absolute atomic E-state index is 0.215. The van der Waals surface area contributed by atoms with E-state index in [1.54, 1.807) is 0 Å². The molecular weight excluding hydrogens is 260 g/mol. The van der Waals surface area contributed by atoms with Gasteiger partial charge in [0, 0.05) is 25.6 Å². The van der Waals surface area contributed by atoms with Gasteiger partial charge in [-0.25, -0.2) is 0 Å². The van der Waals surface area contributed by atoms with Crippen LogP contribution >= 0.6 is 0 Å². The van der Waals surface area contributed by atoms with Gasteiger partial charge in [-0.05, 0) is 38.3 Å². The quantitative estimate of drug-likeness (QED) is 0.901. The van der Waals surface area contributed by atoms with E-state index in [0.717, 1.165) is 25.9 Å². The van der Waals surface area contributed by atoms with Crippen molar-refractivity contribution in [1.29, 1.82) is 0 Å². The van der Waals surface area contributed by atoms with E-state index in [0.29, 0.717) is 18.2 Å². The van der Waals surface area contributed by atoms with Gasteiger partial charge in [0.15, 0.2) is 0 Å². The molecule has 1 aromatic carbocycles. The van der Waals surface area contributed by atoms with Gasteiger partial charge in [0.05, 0.1) is 0 Å². The summed E-state index contributed by atoms with van der Waals surface area (Å²) in [6, 6.07) is 8.81. The highest BCUT2D eigenvalue weighted by Crippen LogP contribution is 2.23. The number of rotatable bonds is 5. The van der Waals surface area contributed by atoms with Gasteiger partial charge in [-0.3, -0.25) is 4.79 Å². The Labute approximate surface area is 128 Å². The van der Waals surface area contributed by atoms with Gasteiger partial charge >= 0.3 is 0 Å². The van der Waals surface area contributed by atoms with Crippen LogP contribution in [0.3, 0.4) is 0 Å². The van der Waals surface area contributed by atoms with Gasteiger partial charge < -0.3 is 10.2 Å². The van der Waals surface area contributed by atoms with Gasteiger partial charge in [0.2, 0.25) is 5.91 Å². The number of amides is 1. The molecule has 1 fully saturated rings. The van der Waals surface area contributed by atoms with E-state index in [4.69, 9.17) is 0 Å². The topological polar surface area (TPSA) is 32.3 Å². The summed E-state index contributed by atoms with van der Waals surface area (Å²) in [5.74, 6) is 1.03. The molecule has 3 nitrogen and oxygen atoms in total. The highest BCUT2D eigenvalue weighted by Gasteiger charge is 2.24. The predicted octanol–water partition coefficient (Wildman–Crippen LogP) is 3.29. The highest BCUT2D eigenvalue weighted by molar-refractivity contribution is 5.76. The number of likely N-dealkylation sites (N-methyl/N-ethyl adjacent to an activating group) is 1. The second kappa shape index (κ2) is 7.60. The average Bonchev–Trinajstić information content (AvgIpc) is 2.68. The Morgan fingerprint density at radius 1 is 1.29 bits per heavy atom. The lowest BCUT2D eigenvalue weighted by molar-refractivity contribution is -0.131. The summed E-state index contributed by atoms with van der Waals surface area (Å²) in [5.41, 5.74) is 2.53. The maximum atomic E-state index is 12.3. The molecule has 1 amide bonds. The minimum Gasteiger partial charge on any atom is -0.341 e. The van der Waals surface area contributed by atoms with E-state index in [-0.39, 0.29) is 6.04 Å². The molecule has 0 aromatic heterocycles. The van der Waals surface area contributed by atoms with Crippen molar-refractivity contribution < 1.29 is 4.79 Å². The van der Waals surface area contributed by atoms with Gasteiger partial charge in [0.1, 0.15) is 0 Å². The normalized spacial score (nSPS) is 21.2. The molecule has 1 N–H and O–H groups in total. The third-order valence-electron chi connectivity index (χ3n) is 4.73. The highest BCUT2D eigenvalue weighted by atomic mass is 16.2. The van der Waals surface area contributed by atoms with Crippen molar-refractivity contribution in [1.82, 2.24) is 10.2 Å². The van der Waals surface area contributed by atoms with Crippen LogP contribution in [0, 0.1) is 12.8 Å². The average molecular weight is 288 g/mol. The first-order valence-corrected chi connectivity index (χ1v) is 8.15. The van der Waals surface area contributed by atoms with Gasteiger partial charge in [-0.15, -0.1) is 0 Å². The molecule has 1 aromatic rings. The largest absolute Gasteiger partial charge is 0.341 e. The van der Waals surface area contributed by atoms with Crippen LogP contribution in [0.5, 0.6) is 0 Å². The summed E-state index contributed by atoms with van der Waals surface area (Å²) in [6.45, 7) is 6.01. The molecule has 1 saturated heterocycles. The molecule has 3 heteroatoms. The molecule has 1 aliphatic heterocycles. The number of benzene rings is 1. The first kappa shape index (κ1) is 16.0. The van der Waals surface area contributed by atoms with E-state index >= 15 is 0 Å². The molecule has 0 radical (unpaired) electrons. The smallest absolute Gasteiger partial charge is 0.222 e. The van der Waals surface area contributed by atoms with Crippen LogP contribution in [-0.2, 0) is 4.79 Å². The van der Waals surface area contributed by atoms with Gasteiger partial charge in [-0.2, -0.15) is 0 Å². The van der Waals surface area contributed by atoms with Crippen LogP contribution in [0.1, 0.15) is 49.8 Å². The molecule has 2 atom stereocenters. The summed E-state index contributed by atoms with van der Waals surface area (Å²) in [7, 11) is 1.97. The van der Waals surface area contributed by atoms with Crippen molar-refractivity contribution in [2.24, 2.45) is 5.92 Å². The Kier molecular flexibility index (Phi) is 5.80. The second-order valence-electron chi connectivity index (χ2n) is 6.19. The Hall–Kier alpha value is -1.35. The Balaban J connectivity index is 2.03. The SMILES string of the molecule is CCC1CCC(=O)N(CC(NC)c2ccc(C)cc2)CC1. The fourth-order valence-corrected chi connectivity index (χ4v) is 3.08. The summed E-state index contributed by atoms with van der Waals surface area (Å²) < 4.78 is 0. The fraction of sp³-hybridized carbons (Fsp3) is 0.611. The van der Waals surface area contributed by atoms with Crippen molar-refractivity contribution in [3.05, 3.63) is 35.4 Å². The molecule has 1 heterocycles. The van der Waals surface area contributed by atoms with Crippen LogP contribution in [0.4, 0.5) is 0 Å². The third kappa shape index (κ3) is 4.31. The lowest BCUT2D eigenvalue weighted by Gasteiger charge is -2.27. The maximum Gasteiger partial charge on any atom is 0.222 e. The van der Waals surface area contributed by atoms with Crippen LogP contribution in [-0.4, -0.2) is 30.9 Å². The number of aryl methyl sites for hydroxylation is 1. The fourth-order valence-electron chi connectivity index (χ4n) is 3.08. The zero-order chi connectivity index (χ0) is 15.2. The van der Waals surface area contributed by atoms with E-state index in [9.17, 15) is 4.79 Å². The van der Waals surface area contributed by atoms with Crippen molar-refractivity contribution in [3.63, 3.8) is 0 Å². The Morgan fingerprint density at radius 3 is 2.62 bits per heavy atom. The van der Waals surface area contributed by atoms with E-state index in [1.165, 1.54) is 17.5 Å². The first-order chi connectivity index (χ1) is 10.1. The second-order valence-corrected chi connectivity index (χ2v) is 6.19. The summed E-state index contributed by atoms with van der Waals surface area (Å²) in [4.78, 5) is 14.4. The predicted molar refractivity (Wildman–Crippen MR) is 87.2 cm³/mol. The molecule has 0 saturated carbocycles. The molecular formula is C18H28N2O. The zero-order valence-electron chi connectivity index (χ0n) is 13.6. The van der Waals surface area contributed by atoms with Crippen LogP contribution in [0.2, 0.25) is 0 Å².